The molecule has 2 aromatic rings. The third-order valence-corrected chi connectivity index (χ3v) is 2.87. The minimum absolute atomic E-state index is 0.128. The number of amides is 1. The number of nitrogens with zero attached hydrogens (tertiary/aromatic N) is 2. The van der Waals surface area contributed by atoms with Gasteiger partial charge in [-0.1, -0.05) is 0 Å². The van der Waals surface area contributed by atoms with Crippen molar-refractivity contribution in [3.05, 3.63) is 52.2 Å². The highest BCUT2D eigenvalue weighted by molar-refractivity contribution is 6.07. The van der Waals surface area contributed by atoms with Gasteiger partial charge in [0.2, 0.25) is 0 Å². The van der Waals surface area contributed by atoms with Gasteiger partial charge in [-0.3, -0.25) is 14.9 Å². The van der Waals surface area contributed by atoms with Crippen molar-refractivity contribution in [2.75, 3.05) is 19.5 Å². The summed E-state index contributed by atoms with van der Waals surface area (Å²) < 4.78 is 10.1. The van der Waals surface area contributed by atoms with Crippen LogP contribution >= 0.6 is 0 Å². The van der Waals surface area contributed by atoms with Crippen LogP contribution in [0.15, 0.2) is 36.5 Å². The van der Waals surface area contributed by atoms with Gasteiger partial charge in [-0.15, -0.1) is 0 Å². The third kappa shape index (κ3) is 3.11. The fraction of sp³-hybridized carbons (Fsp3) is 0.143. The molecule has 8 nitrogen and oxygen atoms in total. The number of aromatic nitrogens is 1. The molecule has 1 amide bonds. The molecule has 0 saturated carbocycles. The number of hydrogen-bond donors (Lipinski definition) is 1. The van der Waals surface area contributed by atoms with Crippen LogP contribution in [0.2, 0.25) is 0 Å². The first-order valence-corrected chi connectivity index (χ1v) is 6.19. The molecular formula is C14H13N3O5. The molecule has 1 heterocycles. The number of nitrogens with one attached hydrogen (secondary N) is 1. The van der Waals surface area contributed by atoms with Gasteiger partial charge in [0, 0.05) is 12.3 Å². The van der Waals surface area contributed by atoms with Crippen LogP contribution in [0.1, 0.15) is 10.4 Å². The predicted molar refractivity (Wildman–Crippen MR) is 78.4 cm³/mol. The van der Waals surface area contributed by atoms with Crippen LogP contribution < -0.4 is 14.8 Å². The first-order valence-electron chi connectivity index (χ1n) is 6.19. The normalized spacial score (nSPS) is 9.91. The summed E-state index contributed by atoms with van der Waals surface area (Å²) in [6.45, 7) is 0. The average molecular weight is 303 g/mol. The second kappa shape index (κ2) is 6.53. The summed E-state index contributed by atoms with van der Waals surface area (Å²) in [5, 5.41) is 13.5. The molecule has 0 bridgehead atoms. The molecule has 0 unspecified atom stereocenters. The molecule has 0 aliphatic heterocycles. The topological polar surface area (TPSA) is 104 Å². The minimum Gasteiger partial charge on any atom is -0.497 e. The Morgan fingerprint density at radius 2 is 2.05 bits per heavy atom. The van der Waals surface area contributed by atoms with Gasteiger partial charge in [-0.05, 0) is 24.3 Å². The fourth-order valence-corrected chi connectivity index (χ4v) is 1.81. The lowest BCUT2D eigenvalue weighted by atomic mass is 10.1. The average Bonchev–Trinajstić information content (AvgIpc) is 2.54. The maximum Gasteiger partial charge on any atom is 0.282 e. The van der Waals surface area contributed by atoms with Gasteiger partial charge < -0.3 is 14.8 Å². The Labute approximate surface area is 125 Å². The molecule has 22 heavy (non-hydrogen) atoms. The molecule has 0 fully saturated rings. The van der Waals surface area contributed by atoms with Crippen molar-refractivity contribution in [3.8, 4) is 11.5 Å². The maximum atomic E-state index is 12.3. The number of carbonyl (C=O) groups excluding carboxylic acids is 1. The van der Waals surface area contributed by atoms with E-state index in [0.717, 1.165) is 0 Å². The Bertz CT molecular complexity index is 717. The van der Waals surface area contributed by atoms with E-state index in [0.29, 0.717) is 11.5 Å². The van der Waals surface area contributed by atoms with Crippen LogP contribution in [0.4, 0.5) is 11.5 Å². The number of carbonyl (C=O) groups is 1. The summed E-state index contributed by atoms with van der Waals surface area (Å²) in [6.07, 6.45) is 1.47. The SMILES string of the molecule is COc1ccc([N+](=O)[O-])c(C(=O)Nc2ncccc2OC)c1. The number of rotatable bonds is 5. The number of hydrogen-bond acceptors (Lipinski definition) is 6. The first-order chi connectivity index (χ1) is 10.6. The summed E-state index contributed by atoms with van der Waals surface area (Å²) in [6, 6.07) is 7.17. The monoisotopic (exact) mass is 303 g/mol. The van der Waals surface area contributed by atoms with Gasteiger partial charge in [-0.2, -0.15) is 0 Å². The number of ether oxygens (including phenoxy) is 2. The summed E-state index contributed by atoms with van der Waals surface area (Å²) in [5.41, 5.74) is -0.453. The highest BCUT2D eigenvalue weighted by Gasteiger charge is 2.22. The lowest BCUT2D eigenvalue weighted by molar-refractivity contribution is -0.385. The van der Waals surface area contributed by atoms with Crippen LogP contribution in [0.25, 0.3) is 0 Å². The molecule has 2 rings (SSSR count). The second-order valence-electron chi connectivity index (χ2n) is 4.15. The minimum atomic E-state index is -0.678. The predicted octanol–water partition coefficient (Wildman–Crippen LogP) is 2.26. The van der Waals surface area contributed by atoms with E-state index in [9.17, 15) is 14.9 Å². The summed E-state index contributed by atoms with van der Waals surface area (Å²) >= 11 is 0. The van der Waals surface area contributed by atoms with E-state index in [1.165, 1.54) is 38.6 Å². The largest absolute Gasteiger partial charge is 0.497 e. The van der Waals surface area contributed by atoms with E-state index >= 15 is 0 Å². The van der Waals surface area contributed by atoms with Gasteiger partial charge in [-0.25, -0.2) is 4.98 Å². The molecule has 8 heteroatoms. The van der Waals surface area contributed by atoms with E-state index in [2.05, 4.69) is 10.3 Å². The van der Waals surface area contributed by atoms with Crippen LogP contribution in [-0.4, -0.2) is 30.0 Å². The highest BCUT2D eigenvalue weighted by Crippen LogP contribution is 2.26. The summed E-state index contributed by atoms with van der Waals surface area (Å²) in [4.78, 5) is 26.7. The molecule has 114 valence electrons. The Morgan fingerprint density at radius 3 is 2.68 bits per heavy atom. The smallest absolute Gasteiger partial charge is 0.282 e. The zero-order valence-electron chi connectivity index (χ0n) is 11.9. The Morgan fingerprint density at radius 1 is 1.27 bits per heavy atom. The molecule has 1 aromatic carbocycles. The molecule has 0 aliphatic carbocycles. The zero-order chi connectivity index (χ0) is 16.1. The van der Waals surface area contributed by atoms with Gasteiger partial charge >= 0.3 is 0 Å². The molecule has 0 aliphatic rings. The van der Waals surface area contributed by atoms with Crippen LogP contribution in [0.3, 0.4) is 0 Å². The highest BCUT2D eigenvalue weighted by atomic mass is 16.6. The quantitative estimate of drug-likeness (QED) is 0.671. The fourth-order valence-electron chi connectivity index (χ4n) is 1.81. The van der Waals surface area contributed by atoms with E-state index < -0.39 is 10.8 Å². The summed E-state index contributed by atoms with van der Waals surface area (Å²) in [7, 11) is 2.84. The van der Waals surface area contributed by atoms with Gasteiger partial charge in [0.25, 0.3) is 11.6 Å². The number of nitro groups is 1. The van der Waals surface area contributed by atoms with E-state index in [-0.39, 0.29) is 17.1 Å². The Hall–Kier alpha value is -3.16. The van der Waals surface area contributed by atoms with Crippen molar-refractivity contribution < 1.29 is 19.2 Å². The number of methoxy groups -OCH3 is 2. The lowest BCUT2D eigenvalue weighted by Crippen LogP contribution is -2.15. The standard InChI is InChI=1S/C14H13N3O5/c1-21-9-5-6-11(17(19)20)10(8-9)14(18)16-13-12(22-2)4-3-7-15-13/h3-8H,1-2H3,(H,15,16,18). The van der Waals surface area contributed by atoms with Crippen molar-refractivity contribution in [2.45, 2.75) is 0 Å². The molecule has 0 spiro atoms. The molecule has 1 N–H and O–H groups in total. The van der Waals surface area contributed by atoms with Crippen molar-refractivity contribution in [1.82, 2.24) is 4.98 Å². The van der Waals surface area contributed by atoms with Gasteiger partial charge in [0.05, 0.1) is 19.1 Å². The zero-order valence-corrected chi connectivity index (χ0v) is 11.9. The molecular weight excluding hydrogens is 290 g/mol. The van der Waals surface area contributed by atoms with Gasteiger partial charge in [0.15, 0.2) is 11.6 Å². The summed E-state index contributed by atoms with van der Waals surface area (Å²) in [5.74, 6) is 0.180. The van der Waals surface area contributed by atoms with Crippen LogP contribution in [0.5, 0.6) is 11.5 Å². The molecule has 1 aromatic heterocycles. The van der Waals surface area contributed by atoms with Gasteiger partial charge in [0.1, 0.15) is 11.3 Å². The molecule has 0 radical (unpaired) electrons. The van der Waals surface area contributed by atoms with E-state index in [1.807, 2.05) is 0 Å². The lowest BCUT2D eigenvalue weighted by Gasteiger charge is -2.09. The Kier molecular flexibility index (Phi) is 4.52. The number of anilines is 1. The van der Waals surface area contributed by atoms with Crippen molar-refractivity contribution in [2.24, 2.45) is 0 Å². The number of nitro benzene ring substituents is 1. The van der Waals surface area contributed by atoms with E-state index in [1.54, 1.807) is 12.1 Å². The van der Waals surface area contributed by atoms with Crippen LogP contribution in [0, 0.1) is 10.1 Å². The first kappa shape index (κ1) is 15.2. The Balaban J connectivity index is 2.38. The maximum absolute atomic E-state index is 12.3. The number of pyridine rings is 1. The molecule has 0 saturated heterocycles. The van der Waals surface area contributed by atoms with Crippen LogP contribution in [-0.2, 0) is 0 Å². The second-order valence-corrected chi connectivity index (χ2v) is 4.15. The van der Waals surface area contributed by atoms with E-state index in [4.69, 9.17) is 9.47 Å². The van der Waals surface area contributed by atoms with Crippen molar-refractivity contribution >= 4 is 17.4 Å². The van der Waals surface area contributed by atoms with Crippen molar-refractivity contribution in [3.63, 3.8) is 0 Å². The van der Waals surface area contributed by atoms with Crippen molar-refractivity contribution in [1.29, 1.82) is 0 Å². The molecule has 0 atom stereocenters. The third-order valence-electron chi connectivity index (χ3n) is 2.87. The number of benzene rings is 1.